The summed E-state index contributed by atoms with van der Waals surface area (Å²) in [6.07, 6.45) is 0.922. The zero-order valence-electron chi connectivity index (χ0n) is 20.3. The Kier molecular flexibility index (Phi) is 7.33. The molecule has 11 heteroatoms. The summed E-state index contributed by atoms with van der Waals surface area (Å²) < 4.78 is 6.90. The van der Waals surface area contributed by atoms with Crippen LogP contribution in [0.3, 0.4) is 0 Å². The summed E-state index contributed by atoms with van der Waals surface area (Å²) in [5.41, 5.74) is 7.62. The first kappa shape index (κ1) is 25.3. The van der Waals surface area contributed by atoms with Crippen LogP contribution >= 0.6 is 11.6 Å². The molecular formula is C25H28ClN7O3. The number of aromatic nitrogens is 2. The highest BCUT2D eigenvalue weighted by Gasteiger charge is 2.26. The SMILES string of the molecule is CNC(=O)COc1cc2cc(Nc3nc(N4CC(C)CC(N)C4)c(C#N)cc3Cl)ccc2n(C)c1=O. The molecule has 0 aliphatic carbocycles. The van der Waals surface area contributed by atoms with Gasteiger partial charge in [-0.3, -0.25) is 9.59 Å². The van der Waals surface area contributed by atoms with E-state index in [2.05, 4.69) is 23.6 Å². The molecule has 4 N–H and O–H groups in total. The summed E-state index contributed by atoms with van der Waals surface area (Å²) in [6.45, 7) is 3.22. The predicted molar refractivity (Wildman–Crippen MR) is 140 cm³/mol. The van der Waals surface area contributed by atoms with Gasteiger partial charge < -0.3 is 30.6 Å². The molecular weight excluding hydrogens is 482 g/mol. The number of hydrogen-bond donors (Lipinski definition) is 3. The quantitative estimate of drug-likeness (QED) is 0.460. The van der Waals surface area contributed by atoms with Crippen LogP contribution in [0.15, 0.2) is 35.1 Å². The highest BCUT2D eigenvalue weighted by Crippen LogP contribution is 2.32. The van der Waals surface area contributed by atoms with E-state index >= 15 is 0 Å². The number of nitrogens with one attached hydrogen (secondary N) is 2. The van der Waals surface area contributed by atoms with E-state index in [9.17, 15) is 14.9 Å². The largest absolute Gasteiger partial charge is 0.478 e. The lowest BCUT2D eigenvalue weighted by Crippen LogP contribution is -2.47. The van der Waals surface area contributed by atoms with Crippen molar-refractivity contribution in [3.63, 3.8) is 0 Å². The van der Waals surface area contributed by atoms with E-state index in [0.717, 1.165) is 18.4 Å². The summed E-state index contributed by atoms with van der Waals surface area (Å²) in [5, 5.41) is 16.4. The molecule has 1 amide bonds. The summed E-state index contributed by atoms with van der Waals surface area (Å²) in [7, 11) is 3.14. The van der Waals surface area contributed by atoms with E-state index in [0.29, 0.717) is 45.9 Å². The molecule has 1 saturated heterocycles. The first-order valence-corrected chi connectivity index (χ1v) is 11.9. The van der Waals surface area contributed by atoms with Crippen molar-refractivity contribution < 1.29 is 9.53 Å². The van der Waals surface area contributed by atoms with E-state index in [1.165, 1.54) is 11.6 Å². The number of likely N-dealkylation sites (N-methyl/N-ethyl adjacent to an activating group) is 1. The molecule has 3 heterocycles. The van der Waals surface area contributed by atoms with Crippen LogP contribution < -0.4 is 31.6 Å². The van der Waals surface area contributed by atoms with E-state index in [1.807, 2.05) is 17.0 Å². The van der Waals surface area contributed by atoms with Crippen molar-refractivity contribution in [3.05, 3.63) is 51.3 Å². The average molecular weight is 510 g/mol. The van der Waals surface area contributed by atoms with Crippen LogP contribution in [0.25, 0.3) is 10.9 Å². The third-order valence-corrected chi connectivity index (χ3v) is 6.45. The Morgan fingerprint density at radius 1 is 1.33 bits per heavy atom. The van der Waals surface area contributed by atoms with Gasteiger partial charge >= 0.3 is 0 Å². The lowest BCUT2D eigenvalue weighted by molar-refractivity contribution is -0.122. The smallest absolute Gasteiger partial charge is 0.293 e. The molecule has 0 saturated carbocycles. The molecule has 10 nitrogen and oxygen atoms in total. The second kappa shape index (κ2) is 10.4. The molecule has 1 fully saturated rings. The minimum atomic E-state index is -0.345. The fourth-order valence-electron chi connectivity index (χ4n) is 4.45. The number of anilines is 3. The molecule has 4 rings (SSSR count). The monoisotopic (exact) mass is 509 g/mol. The van der Waals surface area contributed by atoms with Gasteiger partial charge in [0.2, 0.25) is 0 Å². The van der Waals surface area contributed by atoms with Crippen molar-refractivity contribution in [1.82, 2.24) is 14.9 Å². The van der Waals surface area contributed by atoms with E-state index in [4.69, 9.17) is 27.1 Å². The standard InChI is InChI=1S/C25H28ClN7O3/c1-14-6-17(28)12-33(11-14)24-16(10-27)8-19(26)23(31-24)30-18-4-5-20-15(7-18)9-21(25(35)32(20)3)36-13-22(34)29-2/h4-5,7-9,14,17H,6,11-13,28H2,1-3H3,(H,29,34)(H,30,31). The van der Waals surface area contributed by atoms with Gasteiger partial charge in [0, 0.05) is 44.3 Å². The Hall–Kier alpha value is -3.81. The molecule has 3 aromatic rings. The Labute approximate surface area is 213 Å². The maximum absolute atomic E-state index is 12.6. The molecule has 36 heavy (non-hydrogen) atoms. The van der Waals surface area contributed by atoms with Crippen LogP contribution in [-0.4, -0.2) is 48.2 Å². The molecule has 2 unspecified atom stereocenters. The molecule has 0 spiro atoms. The van der Waals surface area contributed by atoms with E-state index in [1.54, 1.807) is 25.2 Å². The number of amides is 1. The number of halogens is 1. The maximum atomic E-state index is 12.6. The summed E-state index contributed by atoms with van der Waals surface area (Å²) in [5.74, 6) is 1.05. The van der Waals surface area contributed by atoms with E-state index in [-0.39, 0.29) is 29.9 Å². The topological polar surface area (TPSA) is 138 Å². The Balaban J connectivity index is 1.68. The van der Waals surface area contributed by atoms with Crippen LogP contribution in [0.1, 0.15) is 18.9 Å². The minimum Gasteiger partial charge on any atom is -0.478 e. The molecule has 1 aliphatic heterocycles. The van der Waals surface area contributed by atoms with Gasteiger partial charge in [-0.25, -0.2) is 4.98 Å². The number of nitrogens with zero attached hydrogens (tertiary/aromatic N) is 4. The number of aryl methyl sites for hydroxylation is 1. The van der Waals surface area contributed by atoms with Gasteiger partial charge in [-0.15, -0.1) is 0 Å². The number of piperidine rings is 1. The van der Waals surface area contributed by atoms with Gasteiger partial charge in [0.15, 0.2) is 18.2 Å². The van der Waals surface area contributed by atoms with Crippen molar-refractivity contribution in [2.45, 2.75) is 19.4 Å². The van der Waals surface area contributed by atoms with Crippen molar-refractivity contribution in [3.8, 4) is 11.8 Å². The molecule has 1 aliphatic rings. The lowest BCUT2D eigenvalue weighted by atomic mass is 9.96. The third kappa shape index (κ3) is 5.22. The second-order valence-electron chi connectivity index (χ2n) is 9.04. The summed E-state index contributed by atoms with van der Waals surface area (Å²) in [4.78, 5) is 30.9. The molecule has 2 atom stereocenters. The molecule has 0 bridgehead atoms. The molecule has 1 aromatic carbocycles. The minimum absolute atomic E-state index is 0.00105. The summed E-state index contributed by atoms with van der Waals surface area (Å²) in [6, 6.07) is 10.8. The highest BCUT2D eigenvalue weighted by molar-refractivity contribution is 6.33. The second-order valence-corrected chi connectivity index (χ2v) is 9.45. The van der Waals surface area contributed by atoms with Gasteiger partial charge in [-0.05, 0) is 42.7 Å². The fraction of sp³-hybridized carbons (Fsp3) is 0.360. The number of hydrogen-bond acceptors (Lipinski definition) is 8. The molecule has 188 valence electrons. The van der Waals surface area contributed by atoms with Crippen molar-refractivity contribution in [1.29, 1.82) is 5.26 Å². The fourth-order valence-corrected chi connectivity index (χ4v) is 4.65. The van der Waals surface area contributed by atoms with Gasteiger partial charge in [0.25, 0.3) is 11.5 Å². The van der Waals surface area contributed by atoms with Crippen molar-refractivity contribution in [2.24, 2.45) is 18.7 Å². The number of nitrogens with two attached hydrogens (primary N) is 1. The number of fused-ring (bicyclic) bond motifs is 1. The first-order valence-electron chi connectivity index (χ1n) is 11.6. The van der Waals surface area contributed by atoms with Crippen LogP contribution in [0.5, 0.6) is 5.75 Å². The van der Waals surface area contributed by atoms with Crippen LogP contribution in [-0.2, 0) is 11.8 Å². The number of nitriles is 1. The molecule has 0 radical (unpaired) electrons. The van der Waals surface area contributed by atoms with Gasteiger partial charge in [0.05, 0.1) is 16.1 Å². The van der Waals surface area contributed by atoms with Crippen LogP contribution in [0.2, 0.25) is 5.02 Å². The average Bonchev–Trinajstić information content (AvgIpc) is 2.85. The molecule has 2 aromatic heterocycles. The number of pyridine rings is 2. The number of rotatable bonds is 6. The van der Waals surface area contributed by atoms with E-state index < -0.39 is 0 Å². The zero-order chi connectivity index (χ0) is 26.0. The number of carbonyl (C=O) groups excluding carboxylic acids is 1. The normalized spacial score (nSPS) is 17.5. The maximum Gasteiger partial charge on any atom is 0.293 e. The van der Waals surface area contributed by atoms with Gasteiger partial charge in [-0.2, -0.15) is 5.26 Å². The number of ether oxygens (including phenoxy) is 1. The van der Waals surface area contributed by atoms with Crippen molar-refractivity contribution in [2.75, 3.05) is 37.0 Å². The zero-order valence-corrected chi connectivity index (χ0v) is 21.1. The first-order chi connectivity index (χ1) is 17.2. The Bertz CT molecular complexity index is 1410. The van der Waals surface area contributed by atoms with Gasteiger partial charge in [-0.1, -0.05) is 18.5 Å². The van der Waals surface area contributed by atoms with Crippen LogP contribution in [0, 0.1) is 17.2 Å². The van der Waals surface area contributed by atoms with Crippen molar-refractivity contribution >= 4 is 45.7 Å². The highest BCUT2D eigenvalue weighted by atomic mass is 35.5. The Morgan fingerprint density at radius 2 is 2.11 bits per heavy atom. The number of carbonyl (C=O) groups is 1. The Morgan fingerprint density at radius 3 is 2.81 bits per heavy atom. The third-order valence-electron chi connectivity index (χ3n) is 6.16. The summed E-state index contributed by atoms with van der Waals surface area (Å²) >= 11 is 6.48. The van der Waals surface area contributed by atoms with Crippen LogP contribution in [0.4, 0.5) is 17.3 Å². The number of benzene rings is 1. The predicted octanol–water partition coefficient (Wildman–Crippen LogP) is 2.50. The van der Waals surface area contributed by atoms with Gasteiger partial charge in [0.1, 0.15) is 11.9 Å². The lowest BCUT2D eigenvalue weighted by Gasteiger charge is -2.36.